The smallest absolute Gasteiger partial charge is 0.127 e. The van der Waals surface area contributed by atoms with Gasteiger partial charge in [-0.15, -0.1) is 11.6 Å². The average molecular weight is 291 g/mol. The number of alkyl halides is 1. The van der Waals surface area contributed by atoms with Gasteiger partial charge in [0.2, 0.25) is 0 Å². The number of hydrogen-bond donors (Lipinski definition) is 0. The van der Waals surface area contributed by atoms with Crippen molar-refractivity contribution in [2.24, 2.45) is 5.92 Å². The molecule has 1 unspecified atom stereocenters. The Morgan fingerprint density at radius 2 is 1.72 bits per heavy atom. The van der Waals surface area contributed by atoms with Gasteiger partial charge in [0, 0.05) is 5.02 Å². The number of rotatable bonds is 6. The molecule has 0 bridgehead atoms. The third-order valence-corrected chi connectivity index (χ3v) is 4.23. The summed E-state index contributed by atoms with van der Waals surface area (Å²) in [5.74, 6) is 0.138. The molecule has 3 heteroatoms. The maximum atomic E-state index is 13.4. The summed E-state index contributed by atoms with van der Waals surface area (Å²) < 4.78 is 13.4. The molecule has 102 valence electrons. The van der Waals surface area contributed by atoms with E-state index in [1.807, 2.05) is 0 Å². The van der Waals surface area contributed by atoms with Gasteiger partial charge in [-0.05, 0) is 42.9 Å². The van der Waals surface area contributed by atoms with Crippen LogP contribution >= 0.6 is 23.2 Å². The Bertz CT molecular complexity index is 384. The molecule has 0 saturated heterocycles. The lowest BCUT2D eigenvalue weighted by molar-refractivity contribution is 0.426. The maximum Gasteiger partial charge on any atom is 0.127 e. The molecular weight excluding hydrogens is 270 g/mol. The lowest BCUT2D eigenvalue weighted by Gasteiger charge is -2.23. The van der Waals surface area contributed by atoms with Crippen LogP contribution in [0.4, 0.5) is 4.39 Å². The molecule has 0 aliphatic carbocycles. The van der Waals surface area contributed by atoms with E-state index in [1.54, 1.807) is 13.0 Å². The number of benzene rings is 1. The first kappa shape index (κ1) is 15.8. The molecule has 0 spiro atoms. The third kappa shape index (κ3) is 3.86. The van der Waals surface area contributed by atoms with Crippen LogP contribution in [0.3, 0.4) is 0 Å². The van der Waals surface area contributed by atoms with Crippen molar-refractivity contribution in [3.05, 3.63) is 34.1 Å². The Kier molecular flexibility index (Phi) is 6.45. The van der Waals surface area contributed by atoms with Gasteiger partial charge in [-0.2, -0.15) is 0 Å². The highest BCUT2D eigenvalue weighted by Crippen LogP contribution is 2.39. The topological polar surface area (TPSA) is 0 Å². The monoisotopic (exact) mass is 290 g/mol. The molecule has 0 aliphatic rings. The van der Waals surface area contributed by atoms with Gasteiger partial charge >= 0.3 is 0 Å². The van der Waals surface area contributed by atoms with Crippen molar-refractivity contribution in [2.75, 3.05) is 0 Å². The Hall–Kier alpha value is -0.270. The van der Waals surface area contributed by atoms with E-state index in [9.17, 15) is 4.39 Å². The molecule has 0 saturated carbocycles. The van der Waals surface area contributed by atoms with Gasteiger partial charge in [0.15, 0.2) is 0 Å². The Labute approximate surface area is 119 Å². The van der Waals surface area contributed by atoms with Crippen LogP contribution in [0, 0.1) is 18.7 Å². The molecule has 0 N–H and O–H groups in total. The van der Waals surface area contributed by atoms with E-state index in [-0.39, 0.29) is 11.2 Å². The molecule has 1 aromatic rings. The Morgan fingerprint density at radius 3 is 2.22 bits per heavy atom. The summed E-state index contributed by atoms with van der Waals surface area (Å²) in [6.07, 6.45) is 4.36. The van der Waals surface area contributed by atoms with Crippen molar-refractivity contribution in [1.82, 2.24) is 0 Å². The van der Waals surface area contributed by atoms with Crippen molar-refractivity contribution < 1.29 is 4.39 Å². The second-order valence-electron chi connectivity index (χ2n) is 4.86. The van der Waals surface area contributed by atoms with Crippen molar-refractivity contribution >= 4 is 23.2 Å². The molecule has 1 atom stereocenters. The highest BCUT2D eigenvalue weighted by Gasteiger charge is 2.22. The summed E-state index contributed by atoms with van der Waals surface area (Å²) in [5, 5.41) is 0.312. The molecule has 18 heavy (non-hydrogen) atoms. The molecule has 0 nitrogen and oxygen atoms in total. The van der Waals surface area contributed by atoms with Crippen LogP contribution in [0.25, 0.3) is 0 Å². The zero-order valence-corrected chi connectivity index (χ0v) is 12.8. The van der Waals surface area contributed by atoms with E-state index >= 15 is 0 Å². The first-order chi connectivity index (χ1) is 8.51. The van der Waals surface area contributed by atoms with Crippen LogP contribution in [-0.2, 0) is 0 Å². The summed E-state index contributed by atoms with van der Waals surface area (Å²) in [6, 6.07) is 3.16. The summed E-state index contributed by atoms with van der Waals surface area (Å²) in [4.78, 5) is 0. The van der Waals surface area contributed by atoms with Crippen LogP contribution < -0.4 is 0 Å². The molecule has 0 fully saturated rings. The Morgan fingerprint density at radius 1 is 1.17 bits per heavy atom. The van der Waals surface area contributed by atoms with Crippen LogP contribution in [0.15, 0.2) is 12.1 Å². The standard InChI is InChI=1S/C15H21Cl2F/c1-4-6-11(7-5-2)15(17)12-8-10(3)14(18)9-13(12)16/h8-9,11,15H,4-7H2,1-3H3. The summed E-state index contributed by atoms with van der Waals surface area (Å²) >= 11 is 12.7. The number of halogens is 3. The first-order valence-corrected chi connectivity index (χ1v) is 7.42. The predicted molar refractivity (Wildman–Crippen MR) is 78.0 cm³/mol. The summed E-state index contributed by atoms with van der Waals surface area (Å²) in [5.41, 5.74) is 1.47. The van der Waals surface area contributed by atoms with E-state index in [1.165, 1.54) is 6.07 Å². The molecule has 0 aliphatic heterocycles. The number of hydrogen-bond acceptors (Lipinski definition) is 0. The van der Waals surface area contributed by atoms with Gasteiger partial charge in [-0.3, -0.25) is 0 Å². The quantitative estimate of drug-likeness (QED) is 0.541. The highest BCUT2D eigenvalue weighted by atomic mass is 35.5. The van der Waals surface area contributed by atoms with E-state index < -0.39 is 0 Å². The molecule has 0 radical (unpaired) electrons. The Balaban J connectivity index is 3.00. The summed E-state index contributed by atoms with van der Waals surface area (Å²) in [6.45, 7) is 6.06. The minimum absolute atomic E-state index is 0.128. The van der Waals surface area contributed by atoms with Crippen molar-refractivity contribution in [3.8, 4) is 0 Å². The second kappa shape index (κ2) is 7.35. The SMILES string of the molecule is CCCC(CCC)C(Cl)c1cc(C)c(F)cc1Cl. The second-order valence-corrected chi connectivity index (χ2v) is 5.74. The van der Waals surface area contributed by atoms with E-state index in [0.717, 1.165) is 31.2 Å². The molecule has 1 aromatic carbocycles. The predicted octanol–water partition coefficient (Wildman–Crippen LogP) is 6.28. The third-order valence-electron chi connectivity index (χ3n) is 3.31. The molecular formula is C15H21Cl2F. The lowest BCUT2D eigenvalue weighted by atomic mass is 9.90. The van der Waals surface area contributed by atoms with E-state index in [2.05, 4.69) is 13.8 Å². The van der Waals surface area contributed by atoms with Gasteiger partial charge in [0.05, 0.1) is 5.38 Å². The summed E-state index contributed by atoms with van der Waals surface area (Å²) in [7, 11) is 0. The van der Waals surface area contributed by atoms with Gasteiger partial charge < -0.3 is 0 Å². The molecule has 1 rings (SSSR count). The minimum atomic E-state index is -0.268. The van der Waals surface area contributed by atoms with Crippen LogP contribution in [-0.4, -0.2) is 0 Å². The van der Waals surface area contributed by atoms with Crippen LogP contribution in [0.1, 0.15) is 56.0 Å². The first-order valence-electron chi connectivity index (χ1n) is 6.60. The van der Waals surface area contributed by atoms with Crippen molar-refractivity contribution in [2.45, 2.75) is 51.8 Å². The fourth-order valence-electron chi connectivity index (χ4n) is 2.32. The largest absolute Gasteiger partial charge is 0.207 e. The van der Waals surface area contributed by atoms with Crippen molar-refractivity contribution in [3.63, 3.8) is 0 Å². The maximum absolute atomic E-state index is 13.4. The fraction of sp³-hybridized carbons (Fsp3) is 0.600. The van der Waals surface area contributed by atoms with Gasteiger partial charge in [-0.25, -0.2) is 4.39 Å². The average Bonchev–Trinajstić information content (AvgIpc) is 2.33. The lowest BCUT2D eigenvalue weighted by Crippen LogP contribution is -2.09. The fourth-order valence-corrected chi connectivity index (χ4v) is 3.08. The van der Waals surface area contributed by atoms with Gasteiger partial charge in [-0.1, -0.05) is 44.4 Å². The van der Waals surface area contributed by atoms with Gasteiger partial charge in [0.1, 0.15) is 5.82 Å². The van der Waals surface area contributed by atoms with Crippen molar-refractivity contribution in [1.29, 1.82) is 0 Å². The van der Waals surface area contributed by atoms with E-state index in [0.29, 0.717) is 16.5 Å². The number of aryl methyl sites for hydroxylation is 1. The molecule has 0 amide bonds. The highest BCUT2D eigenvalue weighted by molar-refractivity contribution is 6.32. The van der Waals surface area contributed by atoms with Crippen LogP contribution in [0.5, 0.6) is 0 Å². The zero-order chi connectivity index (χ0) is 13.7. The molecule has 0 heterocycles. The molecule has 0 aromatic heterocycles. The zero-order valence-electron chi connectivity index (χ0n) is 11.3. The van der Waals surface area contributed by atoms with Crippen LogP contribution in [0.2, 0.25) is 5.02 Å². The van der Waals surface area contributed by atoms with E-state index in [4.69, 9.17) is 23.2 Å². The van der Waals surface area contributed by atoms with Gasteiger partial charge in [0.25, 0.3) is 0 Å². The minimum Gasteiger partial charge on any atom is -0.207 e. The normalized spacial score (nSPS) is 13.1.